The monoisotopic (exact) mass is 177 g/mol. The Morgan fingerprint density at radius 1 is 1.15 bits per heavy atom. The largest absolute Gasteiger partial charge is 0.258 e. The highest BCUT2D eigenvalue weighted by Crippen LogP contribution is 2.20. The Labute approximate surface area is 81.2 Å². The van der Waals surface area contributed by atoms with Crippen LogP contribution >= 0.6 is 0 Å². The summed E-state index contributed by atoms with van der Waals surface area (Å²) in [6.45, 7) is 10.9. The normalized spacial score (nSPS) is 11.8. The van der Waals surface area contributed by atoms with Crippen LogP contribution < -0.4 is 0 Å². The van der Waals surface area contributed by atoms with Gasteiger partial charge in [-0.25, -0.2) is 0 Å². The Morgan fingerprint density at radius 3 is 2.23 bits per heavy atom. The second-order valence-corrected chi connectivity index (χ2v) is 5.01. The standard InChI is InChI=1S/C12H19N/c1-9-6-10(2)13-11(7-9)8-12(3,4)5/h6-7H,8H2,1-5H3. The Bertz CT molecular complexity index is 274. The van der Waals surface area contributed by atoms with Gasteiger partial charge in [0, 0.05) is 11.4 Å². The van der Waals surface area contributed by atoms with Crippen molar-refractivity contribution in [1.29, 1.82) is 0 Å². The molecule has 0 aliphatic heterocycles. The van der Waals surface area contributed by atoms with Crippen LogP contribution in [0.1, 0.15) is 37.7 Å². The molecule has 1 heteroatoms. The van der Waals surface area contributed by atoms with E-state index in [0.717, 1.165) is 12.1 Å². The summed E-state index contributed by atoms with van der Waals surface area (Å²) in [4.78, 5) is 4.52. The average molecular weight is 177 g/mol. The van der Waals surface area contributed by atoms with E-state index in [1.165, 1.54) is 11.3 Å². The summed E-state index contributed by atoms with van der Waals surface area (Å²) in [5, 5.41) is 0. The van der Waals surface area contributed by atoms with Crippen LogP contribution in [0.25, 0.3) is 0 Å². The molecule has 0 aromatic carbocycles. The minimum Gasteiger partial charge on any atom is -0.258 e. The number of pyridine rings is 1. The van der Waals surface area contributed by atoms with Crippen molar-refractivity contribution in [1.82, 2.24) is 4.98 Å². The van der Waals surface area contributed by atoms with E-state index in [1.54, 1.807) is 0 Å². The zero-order valence-corrected chi connectivity index (χ0v) is 9.31. The van der Waals surface area contributed by atoms with E-state index < -0.39 is 0 Å². The molecular formula is C12H19N. The first-order valence-corrected chi connectivity index (χ1v) is 4.81. The van der Waals surface area contributed by atoms with Gasteiger partial charge >= 0.3 is 0 Å². The second kappa shape index (κ2) is 3.49. The molecule has 0 fully saturated rings. The Hall–Kier alpha value is -0.850. The van der Waals surface area contributed by atoms with Gasteiger partial charge in [-0.2, -0.15) is 0 Å². The molecule has 0 saturated carbocycles. The van der Waals surface area contributed by atoms with E-state index in [4.69, 9.17) is 0 Å². The molecule has 1 aromatic rings. The zero-order valence-electron chi connectivity index (χ0n) is 9.31. The van der Waals surface area contributed by atoms with Gasteiger partial charge in [0.05, 0.1) is 0 Å². The molecule has 1 rings (SSSR count). The number of nitrogens with zero attached hydrogens (tertiary/aromatic N) is 1. The SMILES string of the molecule is Cc1cc(C)nc(CC(C)(C)C)c1. The fraction of sp³-hybridized carbons (Fsp3) is 0.583. The third-order valence-electron chi connectivity index (χ3n) is 1.86. The quantitative estimate of drug-likeness (QED) is 0.641. The molecule has 0 radical (unpaired) electrons. The van der Waals surface area contributed by atoms with Crippen molar-refractivity contribution in [2.24, 2.45) is 5.41 Å². The van der Waals surface area contributed by atoms with Gasteiger partial charge in [0.25, 0.3) is 0 Å². The van der Waals surface area contributed by atoms with Crippen molar-refractivity contribution >= 4 is 0 Å². The lowest BCUT2D eigenvalue weighted by Gasteiger charge is -2.17. The van der Waals surface area contributed by atoms with Gasteiger partial charge in [0.1, 0.15) is 0 Å². The van der Waals surface area contributed by atoms with Crippen LogP contribution in [0.15, 0.2) is 12.1 Å². The Balaban J connectivity index is 2.90. The average Bonchev–Trinajstić information content (AvgIpc) is 1.78. The van der Waals surface area contributed by atoms with E-state index in [2.05, 4.69) is 51.7 Å². The summed E-state index contributed by atoms with van der Waals surface area (Å²) < 4.78 is 0. The number of rotatable bonds is 1. The molecule has 72 valence electrons. The van der Waals surface area contributed by atoms with E-state index in [0.29, 0.717) is 5.41 Å². The lowest BCUT2D eigenvalue weighted by molar-refractivity contribution is 0.406. The lowest BCUT2D eigenvalue weighted by Crippen LogP contribution is -2.10. The summed E-state index contributed by atoms with van der Waals surface area (Å²) in [7, 11) is 0. The van der Waals surface area contributed by atoms with Crippen LogP contribution in [0, 0.1) is 19.3 Å². The van der Waals surface area contributed by atoms with Crippen LogP contribution in [0.3, 0.4) is 0 Å². The fourth-order valence-electron chi connectivity index (χ4n) is 1.56. The van der Waals surface area contributed by atoms with Crippen molar-refractivity contribution < 1.29 is 0 Å². The van der Waals surface area contributed by atoms with E-state index in [1.807, 2.05) is 0 Å². The maximum atomic E-state index is 4.52. The fourth-order valence-corrected chi connectivity index (χ4v) is 1.56. The third kappa shape index (κ3) is 3.58. The molecule has 0 unspecified atom stereocenters. The first kappa shape index (κ1) is 10.2. The molecule has 0 aliphatic rings. The maximum absolute atomic E-state index is 4.52. The van der Waals surface area contributed by atoms with Crippen molar-refractivity contribution in [2.45, 2.75) is 41.0 Å². The van der Waals surface area contributed by atoms with Crippen LogP contribution in [0.5, 0.6) is 0 Å². The summed E-state index contributed by atoms with van der Waals surface area (Å²) in [6.07, 6.45) is 1.05. The van der Waals surface area contributed by atoms with Crippen LogP contribution in [0.2, 0.25) is 0 Å². The smallest absolute Gasteiger partial charge is 0.0414 e. The predicted octanol–water partition coefficient (Wildman–Crippen LogP) is 3.29. The molecule has 1 nitrogen and oxygen atoms in total. The molecule has 1 aromatic heterocycles. The van der Waals surface area contributed by atoms with Gasteiger partial charge in [-0.05, 0) is 43.4 Å². The van der Waals surface area contributed by atoms with E-state index in [-0.39, 0.29) is 0 Å². The minimum absolute atomic E-state index is 0.327. The predicted molar refractivity (Wildman–Crippen MR) is 56.9 cm³/mol. The topological polar surface area (TPSA) is 12.9 Å². The summed E-state index contributed by atoms with van der Waals surface area (Å²) in [6, 6.07) is 4.30. The number of aryl methyl sites for hydroxylation is 2. The van der Waals surface area contributed by atoms with Gasteiger partial charge in [0.2, 0.25) is 0 Å². The van der Waals surface area contributed by atoms with Crippen LogP contribution in [0.4, 0.5) is 0 Å². The third-order valence-corrected chi connectivity index (χ3v) is 1.86. The molecular weight excluding hydrogens is 158 g/mol. The summed E-state index contributed by atoms with van der Waals surface area (Å²) in [5.74, 6) is 0. The molecule has 0 bridgehead atoms. The van der Waals surface area contributed by atoms with Gasteiger partial charge in [-0.3, -0.25) is 4.98 Å². The van der Waals surface area contributed by atoms with Gasteiger partial charge in [-0.15, -0.1) is 0 Å². The molecule has 0 atom stereocenters. The molecule has 13 heavy (non-hydrogen) atoms. The first-order chi connectivity index (χ1) is 5.87. The van der Waals surface area contributed by atoms with Crippen molar-refractivity contribution in [3.63, 3.8) is 0 Å². The highest BCUT2D eigenvalue weighted by Gasteiger charge is 2.12. The number of hydrogen-bond acceptors (Lipinski definition) is 1. The van der Waals surface area contributed by atoms with E-state index in [9.17, 15) is 0 Å². The lowest BCUT2D eigenvalue weighted by atomic mass is 9.90. The Kier molecular flexibility index (Phi) is 2.74. The van der Waals surface area contributed by atoms with Gasteiger partial charge in [0.15, 0.2) is 0 Å². The highest BCUT2D eigenvalue weighted by molar-refractivity contribution is 5.20. The second-order valence-electron chi connectivity index (χ2n) is 5.01. The molecule has 0 N–H and O–H groups in total. The maximum Gasteiger partial charge on any atom is 0.0414 e. The zero-order chi connectivity index (χ0) is 10.1. The molecule has 1 heterocycles. The molecule has 0 amide bonds. The van der Waals surface area contributed by atoms with Crippen molar-refractivity contribution in [3.8, 4) is 0 Å². The highest BCUT2D eigenvalue weighted by atomic mass is 14.7. The van der Waals surface area contributed by atoms with E-state index >= 15 is 0 Å². The van der Waals surface area contributed by atoms with Gasteiger partial charge in [-0.1, -0.05) is 20.8 Å². The first-order valence-electron chi connectivity index (χ1n) is 4.81. The van der Waals surface area contributed by atoms with Crippen LogP contribution in [-0.2, 0) is 6.42 Å². The van der Waals surface area contributed by atoms with Crippen molar-refractivity contribution in [3.05, 3.63) is 29.1 Å². The summed E-state index contributed by atoms with van der Waals surface area (Å²) in [5.41, 5.74) is 3.98. The minimum atomic E-state index is 0.327. The number of hydrogen-bond donors (Lipinski definition) is 0. The molecule has 0 spiro atoms. The number of aromatic nitrogens is 1. The summed E-state index contributed by atoms with van der Waals surface area (Å²) >= 11 is 0. The molecule has 0 aliphatic carbocycles. The molecule has 0 saturated heterocycles. The van der Waals surface area contributed by atoms with Crippen molar-refractivity contribution in [2.75, 3.05) is 0 Å². The van der Waals surface area contributed by atoms with Gasteiger partial charge < -0.3 is 0 Å². The Morgan fingerprint density at radius 2 is 1.77 bits per heavy atom. The van der Waals surface area contributed by atoms with Crippen LogP contribution in [-0.4, -0.2) is 4.98 Å².